The fourth-order valence-electron chi connectivity index (χ4n) is 2.20. The number of pyridine rings is 1. The predicted molar refractivity (Wildman–Crippen MR) is 95.2 cm³/mol. The molecule has 1 amide bonds. The Bertz CT molecular complexity index is 642. The summed E-state index contributed by atoms with van der Waals surface area (Å²) in [5.41, 5.74) is 1.76. The number of para-hydroxylation sites is 1. The summed E-state index contributed by atoms with van der Waals surface area (Å²) in [6.07, 6.45) is 1.66. The molecule has 0 aliphatic heterocycles. The van der Waals surface area contributed by atoms with Crippen LogP contribution in [0.15, 0.2) is 48.7 Å². The van der Waals surface area contributed by atoms with Crippen molar-refractivity contribution in [2.75, 3.05) is 37.5 Å². The maximum absolute atomic E-state index is 12.3. The van der Waals surface area contributed by atoms with Gasteiger partial charge in [0.1, 0.15) is 5.82 Å². The monoisotopic (exact) mass is 312 g/mol. The molecule has 1 atom stereocenters. The van der Waals surface area contributed by atoms with Crippen molar-refractivity contribution in [2.45, 2.75) is 13.0 Å². The summed E-state index contributed by atoms with van der Waals surface area (Å²) in [6.45, 7) is 2.66. The van der Waals surface area contributed by atoms with Crippen molar-refractivity contribution in [1.82, 2.24) is 10.3 Å². The van der Waals surface area contributed by atoms with Gasteiger partial charge in [0.2, 0.25) is 0 Å². The first kappa shape index (κ1) is 16.8. The Morgan fingerprint density at radius 3 is 2.52 bits per heavy atom. The molecule has 0 saturated heterocycles. The first-order valence-electron chi connectivity index (χ1n) is 7.68. The Morgan fingerprint density at radius 1 is 1.17 bits per heavy atom. The second kappa shape index (κ2) is 7.63. The molecule has 0 bridgehead atoms. The molecule has 1 heterocycles. The molecule has 1 aromatic carbocycles. The number of carbonyl (C=O) groups excluding carboxylic acids is 1. The number of rotatable bonds is 6. The average Bonchev–Trinajstić information content (AvgIpc) is 2.59. The topological polar surface area (TPSA) is 48.5 Å². The van der Waals surface area contributed by atoms with Crippen LogP contribution in [0.2, 0.25) is 0 Å². The van der Waals surface area contributed by atoms with Gasteiger partial charge in [-0.1, -0.05) is 18.2 Å². The molecule has 2 rings (SSSR count). The molecule has 23 heavy (non-hydrogen) atoms. The molecule has 0 fully saturated rings. The highest BCUT2D eigenvalue weighted by atomic mass is 16.1. The molecule has 0 aliphatic carbocycles. The zero-order valence-corrected chi connectivity index (χ0v) is 14.2. The first-order valence-corrected chi connectivity index (χ1v) is 7.68. The normalized spacial score (nSPS) is 11.7. The van der Waals surface area contributed by atoms with Gasteiger partial charge in [-0.05, 0) is 31.2 Å². The molecule has 0 saturated carbocycles. The summed E-state index contributed by atoms with van der Waals surface area (Å²) < 4.78 is 0. The number of nitrogens with one attached hydrogen (secondary N) is 1. The summed E-state index contributed by atoms with van der Waals surface area (Å²) in [5, 5.41) is 2.99. The number of nitrogens with zero attached hydrogens (tertiary/aromatic N) is 3. The van der Waals surface area contributed by atoms with E-state index < -0.39 is 0 Å². The number of amides is 1. The lowest BCUT2D eigenvalue weighted by Crippen LogP contribution is -2.40. The second-order valence-electron chi connectivity index (χ2n) is 5.80. The maximum Gasteiger partial charge on any atom is 0.251 e. The van der Waals surface area contributed by atoms with Crippen molar-refractivity contribution in [3.05, 3.63) is 54.2 Å². The highest BCUT2D eigenvalue weighted by Crippen LogP contribution is 2.14. The number of benzene rings is 1. The smallest absolute Gasteiger partial charge is 0.251 e. The van der Waals surface area contributed by atoms with Gasteiger partial charge in [-0.3, -0.25) is 4.79 Å². The SMILES string of the molecule is C[C@H](CNC(=O)c1ccnc(N(C)C)c1)N(C)c1ccccc1. The van der Waals surface area contributed by atoms with Gasteiger partial charge in [0, 0.05) is 51.2 Å². The van der Waals surface area contributed by atoms with Crippen LogP contribution in [0.5, 0.6) is 0 Å². The molecule has 5 nitrogen and oxygen atoms in total. The van der Waals surface area contributed by atoms with E-state index in [-0.39, 0.29) is 11.9 Å². The van der Waals surface area contributed by atoms with Gasteiger partial charge in [0.15, 0.2) is 0 Å². The zero-order valence-electron chi connectivity index (χ0n) is 14.2. The van der Waals surface area contributed by atoms with Gasteiger partial charge >= 0.3 is 0 Å². The third kappa shape index (κ3) is 4.45. The van der Waals surface area contributed by atoms with E-state index >= 15 is 0 Å². The summed E-state index contributed by atoms with van der Waals surface area (Å²) in [7, 11) is 5.84. The summed E-state index contributed by atoms with van der Waals surface area (Å²) in [4.78, 5) is 20.6. The van der Waals surface area contributed by atoms with Crippen LogP contribution in [0, 0.1) is 0 Å². The van der Waals surface area contributed by atoms with Crippen molar-refractivity contribution in [2.24, 2.45) is 0 Å². The van der Waals surface area contributed by atoms with E-state index in [1.807, 2.05) is 44.2 Å². The number of anilines is 2. The lowest BCUT2D eigenvalue weighted by Gasteiger charge is -2.27. The van der Waals surface area contributed by atoms with E-state index in [0.717, 1.165) is 11.5 Å². The van der Waals surface area contributed by atoms with Gasteiger partial charge in [0.25, 0.3) is 5.91 Å². The molecule has 1 aromatic heterocycles. The number of likely N-dealkylation sites (N-methyl/N-ethyl adjacent to an activating group) is 1. The van der Waals surface area contributed by atoms with Crippen molar-refractivity contribution >= 4 is 17.4 Å². The molecule has 2 aromatic rings. The van der Waals surface area contributed by atoms with Crippen LogP contribution in [0.25, 0.3) is 0 Å². The van der Waals surface area contributed by atoms with Gasteiger partial charge in [-0.2, -0.15) is 0 Å². The van der Waals surface area contributed by atoms with Crippen molar-refractivity contribution in [3.8, 4) is 0 Å². The van der Waals surface area contributed by atoms with Crippen LogP contribution >= 0.6 is 0 Å². The first-order chi connectivity index (χ1) is 11.0. The number of carbonyl (C=O) groups is 1. The summed E-state index contributed by atoms with van der Waals surface area (Å²) in [5.74, 6) is 0.691. The minimum Gasteiger partial charge on any atom is -0.370 e. The molecule has 0 radical (unpaired) electrons. The fourth-order valence-corrected chi connectivity index (χ4v) is 2.20. The molecular weight excluding hydrogens is 288 g/mol. The minimum atomic E-state index is -0.0798. The van der Waals surface area contributed by atoms with E-state index in [1.165, 1.54) is 0 Å². The van der Waals surface area contributed by atoms with Crippen molar-refractivity contribution < 1.29 is 4.79 Å². The Balaban J connectivity index is 1.95. The van der Waals surface area contributed by atoms with Gasteiger partial charge in [-0.25, -0.2) is 4.98 Å². The Kier molecular flexibility index (Phi) is 5.57. The lowest BCUT2D eigenvalue weighted by molar-refractivity contribution is 0.0951. The Labute approximate surface area is 137 Å². The van der Waals surface area contributed by atoms with E-state index in [9.17, 15) is 4.79 Å². The molecule has 5 heteroatoms. The van der Waals surface area contributed by atoms with Crippen LogP contribution < -0.4 is 15.1 Å². The van der Waals surface area contributed by atoms with Gasteiger partial charge in [-0.15, -0.1) is 0 Å². The predicted octanol–water partition coefficient (Wildman–Crippen LogP) is 2.40. The molecular formula is C18H24N4O. The number of hydrogen-bond acceptors (Lipinski definition) is 4. The van der Waals surface area contributed by atoms with Crippen LogP contribution in [0.3, 0.4) is 0 Å². The highest BCUT2D eigenvalue weighted by molar-refractivity contribution is 5.94. The van der Waals surface area contributed by atoms with E-state index in [2.05, 4.69) is 34.3 Å². The van der Waals surface area contributed by atoms with Gasteiger partial charge in [0.05, 0.1) is 0 Å². The zero-order chi connectivity index (χ0) is 16.8. The third-order valence-corrected chi connectivity index (χ3v) is 3.85. The average molecular weight is 312 g/mol. The molecule has 0 spiro atoms. The summed E-state index contributed by atoms with van der Waals surface area (Å²) in [6, 6.07) is 13.9. The summed E-state index contributed by atoms with van der Waals surface area (Å²) >= 11 is 0. The quantitative estimate of drug-likeness (QED) is 0.890. The van der Waals surface area contributed by atoms with E-state index in [1.54, 1.807) is 18.3 Å². The van der Waals surface area contributed by atoms with Crippen LogP contribution in [-0.4, -0.2) is 44.6 Å². The minimum absolute atomic E-state index is 0.0798. The van der Waals surface area contributed by atoms with E-state index in [0.29, 0.717) is 12.1 Å². The van der Waals surface area contributed by atoms with Crippen LogP contribution in [0.4, 0.5) is 11.5 Å². The second-order valence-corrected chi connectivity index (χ2v) is 5.80. The third-order valence-electron chi connectivity index (χ3n) is 3.85. The highest BCUT2D eigenvalue weighted by Gasteiger charge is 2.13. The Hall–Kier alpha value is -2.56. The molecule has 0 aliphatic rings. The molecule has 1 N–H and O–H groups in total. The van der Waals surface area contributed by atoms with Crippen molar-refractivity contribution in [3.63, 3.8) is 0 Å². The van der Waals surface area contributed by atoms with Crippen LogP contribution in [0.1, 0.15) is 17.3 Å². The van der Waals surface area contributed by atoms with Crippen LogP contribution in [-0.2, 0) is 0 Å². The van der Waals surface area contributed by atoms with Crippen molar-refractivity contribution in [1.29, 1.82) is 0 Å². The Morgan fingerprint density at radius 2 is 1.87 bits per heavy atom. The van der Waals surface area contributed by atoms with Gasteiger partial charge < -0.3 is 15.1 Å². The lowest BCUT2D eigenvalue weighted by atomic mass is 10.2. The number of hydrogen-bond donors (Lipinski definition) is 1. The fraction of sp³-hybridized carbons (Fsp3) is 0.333. The maximum atomic E-state index is 12.3. The largest absolute Gasteiger partial charge is 0.370 e. The molecule has 0 unspecified atom stereocenters. The number of aromatic nitrogens is 1. The van der Waals surface area contributed by atoms with E-state index in [4.69, 9.17) is 0 Å². The molecule has 122 valence electrons. The standard InChI is InChI=1S/C18H24N4O/c1-14(22(4)16-8-6-5-7-9-16)13-20-18(23)15-10-11-19-17(12-15)21(2)3/h5-12,14H,13H2,1-4H3,(H,20,23)/t14-/m1/s1.